The first-order chi connectivity index (χ1) is 17.8. The van der Waals surface area contributed by atoms with Crippen molar-refractivity contribution < 1.29 is 27.4 Å². The van der Waals surface area contributed by atoms with Gasteiger partial charge in [0.1, 0.15) is 17.2 Å². The lowest BCUT2D eigenvalue weighted by molar-refractivity contribution is -0.274. The van der Waals surface area contributed by atoms with Gasteiger partial charge in [0.05, 0.1) is 11.9 Å². The molecule has 2 saturated heterocycles. The van der Waals surface area contributed by atoms with Crippen molar-refractivity contribution in [3.05, 3.63) is 78.6 Å². The minimum Gasteiger partial charge on any atom is -0.457 e. The molecule has 2 aliphatic rings. The van der Waals surface area contributed by atoms with E-state index in [0.717, 1.165) is 51.1 Å². The Balaban J connectivity index is 1.08. The maximum Gasteiger partial charge on any atom is 0.573 e. The summed E-state index contributed by atoms with van der Waals surface area (Å²) in [7, 11) is 0. The smallest absolute Gasteiger partial charge is 0.457 e. The van der Waals surface area contributed by atoms with Crippen molar-refractivity contribution in [2.45, 2.75) is 25.7 Å². The molecule has 0 radical (unpaired) electrons. The second-order valence-electron chi connectivity index (χ2n) is 9.57. The highest BCUT2D eigenvalue weighted by atomic mass is 19.4. The lowest BCUT2D eigenvalue weighted by atomic mass is 9.72. The summed E-state index contributed by atoms with van der Waals surface area (Å²) in [5, 5.41) is 2.89. The van der Waals surface area contributed by atoms with Crippen molar-refractivity contribution in [1.29, 1.82) is 0 Å². The number of anilines is 1. The van der Waals surface area contributed by atoms with E-state index in [1.807, 2.05) is 35.2 Å². The number of alkyl halides is 3. The molecule has 1 spiro atoms. The third-order valence-corrected chi connectivity index (χ3v) is 6.77. The van der Waals surface area contributed by atoms with Gasteiger partial charge in [-0.15, -0.1) is 13.2 Å². The second-order valence-corrected chi connectivity index (χ2v) is 9.57. The van der Waals surface area contributed by atoms with E-state index in [1.54, 1.807) is 18.5 Å². The fraction of sp³-hybridized carbons (Fsp3) is 0.333. The summed E-state index contributed by atoms with van der Waals surface area (Å²) in [6.07, 6.45) is 0.648. The van der Waals surface area contributed by atoms with Crippen molar-refractivity contribution in [2.24, 2.45) is 5.41 Å². The predicted molar refractivity (Wildman–Crippen MR) is 131 cm³/mol. The van der Waals surface area contributed by atoms with Gasteiger partial charge in [-0.1, -0.05) is 12.1 Å². The molecule has 5 rings (SSSR count). The molecule has 0 aliphatic carbocycles. The number of urea groups is 1. The van der Waals surface area contributed by atoms with Crippen LogP contribution >= 0.6 is 0 Å². The second kappa shape index (κ2) is 10.3. The summed E-state index contributed by atoms with van der Waals surface area (Å²) < 4.78 is 46.7. The zero-order valence-corrected chi connectivity index (χ0v) is 20.1. The lowest BCUT2D eigenvalue weighted by Gasteiger charge is -2.53. The van der Waals surface area contributed by atoms with Crippen LogP contribution in [0.25, 0.3) is 0 Å². The van der Waals surface area contributed by atoms with Gasteiger partial charge in [0.2, 0.25) is 0 Å². The zero-order chi connectivity index (χ0) is 25.9. The number of nitrogens with one attached hydrogen (secondary N) is 1. The van der Waals surface area contributed by atoms with Crippen LogP contribution in [0.15, 0.2) is 73.1 Å². The molecular weight excluding hydrogens is 485 g/mol. The van der Waals surface area contributed by atoms with E-state index in [9.17, 15) is 18.0 Å². The van der Waals surface area contributed by atoms with Gasteiger partial charge in [-0.2, -0.15) is 0 Å². The minimum atomic E-state index is -4.72. The van der Waals surface area contributed by atoms with E-state index in [4.69, 9.17) is 4.74 Å². The lowest BCUT2D eigenvalue weighted by Crippen LogP contribution is -2.62. The van der Waals surface area contributed by atoms with E-state index >= 15 is 0 Å². The molecule has 1 aromatic heterocycles. The molecule has 3 aromatic rings. The number of ether oxygens (including phenoxy) is 2. The largest absolute Gasteiger partial charge is 0.573 e. The highest BCUT2D eigenvalue weighted by Crippen LogP contribution is 2.41. The Labute approximate surface area is 212 Å². The maximum atomic E-state index is 12.5. The summed E-state index contributed by atoms with van der Waals surface area (Å²) in [4.78, 5) is 20.7. The normalized spacial score (nSPS) is 17.2. The fourth-order valence-corrected chi connectivity index (χ4v) is 4.86. The number of carbonyl (C=O) groups excluding carboxylic acids is 1. The van der Waals surface area contributed by atoms with Gasteiger partial charge >= 0.3 is 12.4 Å². The van der Waals surface area contributed by atoms with Gasteiger partial charge in [0.25, 0.3) is 0 Å². The SMILES string of the molecule is O=C(Nc1cccnc1)N1CC2(CCN(Cc3cccc(Oc4ccc(OC(F)(F)F)cc4)c3)CC2)C1. The van der Waals surface area contributed by atoms with E-state index in [0.29, 0.717) is 17.2 Å². The summed E-state index contributed by atoms with van der Waals surface area (Å²) in [6, 6.07) is 16.6. The maximum absolute atomic E-state index is 12.5. The Morgan fingerprint density at radius 3 is 2.38 bits per heavy atom. The molecule has 194 valence electrons. The molecule has 3 heterocycles. The Bertz CT molecular complexity index is 1210. The third-order valence-electron chi connectivity index (χ3n) is 6.77. The van der Waals surface area contributed by atoms with Crippen molar-refractivity contribution in [3.8, 4) is 17.2 Å². The Morgan fingerprint density at radius 2 is 1.70 bits per heavy atom. The molecule has 2 amide bonds. The van der Waals surface area contributed by atoms with Crippen LogP contribution in [0.1, 0.15) is 18.4 Å². The van der Waals surface area contributed by atoms with Crippen LogP contribution in [0, 0.1) is 5.41 Å². The number of hydrogen-bond donors (Lipinski definition) is 1. The van der Waals surface area contributed by atoms with Crippen LogP contribution in [0.5, 0.6) is 17.2 Å². The molecule has 0 unspecified atom stereocenters. The number of aromatic nitrogens is 1. The Hall–Kier alpha value is -3.79. The van der Waals surface area contributed by atoms with Crippen LogP contribution in [-0.4, -0.2) is 53.4 Å². The number of rotatable bonds is 6. The van der Waals surface area contributed by atoms with Gasteiger partial charge in [0.15, 0.2) is 0 Å². The minimum absolute atomic E-state index is 0.0830. The van der Waals surface area contributed by atoms with E-state index in [1.165, 1.54) is 24.3 Å². The average Bonchev–Trinajstić information content (AvgIpc) is 2.84. The molecule has 37 heavy (non-hydrogen) atoms. The molecule has 10 heteroatoms. The molecule has 2 aromatic carbocycles. The number of benzene rings is 2. The van der Waals surface area contributed by atoms with Gasteiger partial charge in [-0.05, 0) is 80.0 Å². The molecule has 1 N–H and O–H groups in total. The molecule has 2 aliphatic heterocycles. The zero-order valence-electron chi connectivity index (χ0n) is 20.1. The Morgan fingerprint density at radius 1 is 0.973 bits per heavy atom. The number of pyridine rings is 1. The van der Waals surface area contributed by atoms with E-state index in [2.05, 4.69) is 19.9 Å². The van der Waals surface area contributed by atoms with Crippen LogP contribution in [0.2, 0.25) is 0 Å². The first-order valence-electron chi connectivity index (χ1n) is 12.1. The number of carbonyl (C=O) groups is 1. The predicted octanol–water partition coefficient (Wildman–Crippen LogP) is 5.90. The number of amides is 2. The molecule has 0 saturated carbocycles. The van der Waals surface area contributed by atoms with E-state index < -0.39 is 6.36 Å². The fourth-order valence-electron chi connectivity index (χ4n) is 4.86. The third kappa shape index (κ3) is 6.51. The monoisotopic (exact) mass is 512 g/mol. The number of nitrogens with zero attached hydrogens (tertiary/aromatic N) is 3. The molecule has 7 nitrogen and oxygen atoms in total. The van der Waals surface area contributed by atoms with Crippen LogP contribution < -0.4 is 14.8 Å². The summed E-state index contributed by atoms with van der Waals surface area (Å²) in [5.41, 5.74) is 1.98. The van der Waals surface area contributed by atoms with E-state index in [-0.39, 0.29) is 17.2 Å². The quantitative estimate of drug-likeness (QED) is 0.445. The van der Waals surface area contributed by atoms with Crippen molar-refractivity contribution in [1.82, 2.24) is 14.8 Å². The number of likely N-dealkylation sites (tertiary alicyclic amines) is 2. The average molecular weight is 513 g/mol. The number of piperidine rings is 1. The Kier molecular flexibility index (Phi) is 6.92. The van der Waals surface area contributed by atoms with Gasteiger partial charge in [-0.3, -0.25) is 9.88 Å². The highest BCUT2D eigenvalue weighted by Gasteiger charge is 2.46. The topological polar surface area (TPSA) is 66.9 Å². The molecule has 0 bridgehead atoms. The van der Waals surface area contributed by atoms with Gasteiger partial charge in [0, 0.05) is 31.2 Å². The van der Waals surface area contributed by atoms with Crippen LogP contribution in [0.3, 0.4) is 0 Å². The summed E-state index contributed by atoms with van der Waals surface area (Å²) in [5.74, 6) is 0.749. The van der Waals surface area contributed by atoms with Crippen LogP contribution in [-0.2, 0) is 6.54 Å². The number of halogens is 3. The summed E-state index contributed by atoms with van der Waals surface area (Å²) in [6.45, 7) is 4.20. The first-order valence-corrected chi connectivity index (χ1v) is 12.1. The van der Waals surface area contributed by atoms with Crippen molar-refractivity contribution in [2.75, 3.05) is 31.5 Å². The van der Waals surface area contributed by atoms with Crippen molar-refractivity contribution in [3.63, 3.8) is 0 Å². The highest BCUT2D eigenvalue weighted by molar-refractivity contribution is 5.89. The van der Waals surface area contributed by atoms with Gasteiger partial charge < -0.3 is 19.7 Å². The number of hydrogen-bond acceptors (Lipinski definition) is 5. The molecule has 0 atom stereocenters. The first kappa shape index (κ1) is 24.9. The van der Waals surface area contributed by atoms with Gasteiger partial charge in [-0.25, -0.2) is 4.79 Å². The standard InChI is InChI=1S/C27H27F3N4O3/c28-27(29,30)37-23-8-6-22(7-9-23)36-24-5-1-3-20(15-24)17-33-13-10-26(11-14-33)18-34(19-26)25(35)32-21-4-2-12-31-16-21/h1-9,12,15-16H,10-11,13-14,17-19H2,(H,32,35). The molecule has 2 fully saturated rings. The summed E-state index contributed by atoms with van der Waals surface area (Å²) >= 11 is 0. The van der Waals surface area contributed by atoms with Crippen LogP contribution in [0.4, 0.5) is 23.7 Å². The van der Waals surface area contributed by atoms with Crippen molar-refractivity contribution >= 4 is 11.7 Å². The molecular formula is C27H27F3N4O3.